The van der Waals surface area contributed by atoms with E-state index in [2.05, 4.69) is 26.2 Å². The molecule has 0 fully saturated rings. The van der Waals surface area contributed by atoms with Gasteiger partial charge in [0.15, 0.2) is 12.0 Å². The lowest BCUT2D eigenvalue weighted by molar-refractivity contribution is -0.145. The quantitative estimate of drug-likeness (QED) is 0.594. The predicted octanol–water partition coefficient (Wildman–Crippen LogP) is 2.71. The molecule has 1 heterocycles. The SMILES string of the molecule is CCOC(Cn1cc(C(=O)N(C)Cc2ccccc2Br)nn1)OCC. The van der Waals surface area contributed by atoms with E-state index >= 15 is 0 Å². The third-order valence-electron chi connectivity index (χ3n) is 3.51. The standard InChI is InChI=1S/C17H23BrN4O3/c1-4-24-16(25-5-2)12-22-11-15(19-20-22)17(23)21(3)10-13-8-6-7-9-14(13)18/h6-9,11,16H,4-5,10,12H2,1-3H3. The summed E-state index contributed by atoms with van der Waals surface area (Å²) in [7, 11) is 1.74. The number of halogens is 1. The van der Waals surface area contributed by atoms with Crippen molar-refractivity contribution in [3.63, 3.8) is 0 Å². The Morgan fingerprint density at radius 1 is 1.28 bits per heavy atom. The van der Waals surface area contributed by atoms with Crippen molar-refractivity contribution in [3.8, 4) is 0 Å². The van der Waals surface area contributed by atoms with E-state index in [1.807, 2.05) is 38.1 Å². The van der Waals surface area contributed by atoms with Crippen molar-refractivity contribution >= 4 is 21.8 Å². The Hall–Kier alpha value is -1.77. The fourth-order valence-electron chi connectivity index (χ4n) is 2.31. The van der Waals surface area contributed by atoms with Gasteiger partial charge < -0.3 is 14.4 Å². The third kappa shape index (κ3) is 5.62. The summed E-state index contributed by atoms with van der Waals surface area (Å²) in [6, 6.07) is 7.80. The molecule has 1 aromatic heterocycles. The molecule has 2 rings (SSSR count). The number of aromatic nitrogens is 3. The van der Waals surface area contributed by atoms with Gasteiger partial charge in [-0.25, -0.2) is 4.68 Å². The minimum Gasteiger partial charge on any atom is -0.351 e. The number of benzene rings is 1. The number of hydrogen-bond donors (Lipinski definition) is 0. The van der Waals surface area contributed by atoms with E-state index in [0.717, 1.165) is 10.0 Å². The van der Waals surface area contributed by atoms with Crippen LogP contribution in [0, 0.1) is 0 Å². The molecule has 0 aliphatic carbocycles. The highest BCUT2D eigenvalue weighted by atomic mass is 79.9. The number of rotatable bonds is 9. The van der Waals surface area contributed by atoms with Crippen molar-refractivity contribution < 1.29 is 14.3 Å². The second-order valence-corrected chi connectivity index (χ2v) is 6.27. The maximum absolute atomic E-state index is 12.5. The van der Waals surface area contributed by atoms with E-state index in [9.17, 15) is 4.79 Å². The Morgan fingerprint density at radius 3 is 2.60 bits per heavy atom. The van der Waals surface area contributed by atoms with Crippen LogP contribution in [0.2, 0.25) is 0 Å². The summed E-state index contributed by atoms with van der Waals surface area (Å²) in [6.07, 6.45) is 1.21. The fraction of sp³-hybridized carbons (Fsp3) is 0.471. The Bertz CT molecular complexity index is 686. The zero-order chi connectivity index (χ0) is 18.2. The summed E-state index contributed by atoms with van der Waals surface area (Å²) in [5.41, 5.74) is 1.32. The number of nitrogens with zero attached hydrogens (tertiary/aromatic N) is 4. The summed E-state index contributed by atoms with van der Waals surface area (Å²) in [5, 5.41) is 7.97. The molecule has 1 amide bonds. The zero-order valence-electron chi connectivity index (χ0n) is 14.7. The molecule has 0 atom stereocenters. The molecule has 0 aliphatic heterocycles. The minimum absolute atomic E-state index is 0.189. The summed E-state index contributed by atoms with van der Waals surface area (Å²) >= 11 is 3.49. The molecule has 25 heavy (non-hydrogen) atoms. The summed E-state index contributed by atoms with van der Waals surface area (Å²) in [6.45, 7) is 5.75. The van der Waals surface area contributed by atoms with Crippen molar-refractivity contribution in [1.82, 2.24) is 19.9 Å². The van der Waals surface area contributed by atoms with Gasteiger partial charge in [0.2, 0.25) is 0 Å². The molecule has 0 saturated carbocycles. The van der Waals surface area contributed by atoms with E-state index in [1.54, 1.807) is 22.8 Å². The maximum atomic E-state index is 12.5. The highest BCUT2D eigenvalue weighted by Crippen LogP contribution is 2.18. The van der Waals surface area contributed by atoms with Gasteiger partial charge in [-0.3, -0.25) is 4.79 Å². The average Bonchev–Trinajstić information content (AvgIpc) is 3.05. The lowest BCUT2D eigenvalue weighted by Gasteiger charge is -2.17. The van der Waals surface area contributed by atoms with E-state index < -0.39 is 6.29 Å². The highest BCUT2D eigenvalue weighted by molar-refractivity contribution is 9.10. The molecule has 1 aromatic carbocycles. The van der Waals surface area contributed by atoms with Crippen LogP contribution >= 0.6 is 15.9 Å². The van der Waals surface area contributed by atoms with Crippen LogP contribution < -0.4 is 0 Å². The van der Waals surface area contributed by atoms with Crippen molar-refractivity contribution in [2.45, 2.75) is 33.2 Å². The summed E-state index contributed by atoms with van der Waals surface area (Å²) < 4.78 is 13.5. The Kier molecular flexibility index (Phi) is 7.54. The van der Waals surface area contributed by atoms with Gasteiger partial charge >= 0.3 is 0 Å². The van der Waals surface area contributed by atoms with Gasteiger partial charge in [0.1, 0.15) is 0 Å². The molecule has 0 N–H and O–H groups in total. The first-order valence-corrected chi connectivity index (χ1v) is 8.96. The largest absolute Gasteiger partial charge is 0.351 e. The molecule has 0 radical (unpaired) electrons. The van der Waals surface area contributed by atoms with Crippen molar-refractivity contribution in [2.24, 2.45) is 0 Å². The molecule has 0 saturated heterocycles. The second kappa shape index (κ2) is 9.65. The lowest BCUT2D eigenvalue weighted by Crippen LogP contribution is -2.27. The fourth-order valence-corrected chi connectivity index (χ4v) is 2.72. The molecular weight excluding hydrogens is 388 g/mol. The van der Waals surface area contributed by atoms with Crippen molar-refractivity contribution in [3.05, 3.63) is 46.2 Å². The second-order valence-electron chi connectivity index (χ2n) is 5.42. The molecular formula is C17H23BrN4O3. The van der Waals surface area contributed by atoms with Crippen LogP contribution in [0.25, 0.3) is 0 Å². The van der Waals surface area contributed by atoms with Gasteiger partial charge in [-0.2, -0.15) is 0 Å². The van der Waals surface area contributed by atoms with Gasteiger partial charge in [-0.05, 0) is 25.5 Å². The molecule has 0 bridgehead atoms. The van der Waals surface area contributed by atoms with Crippen LogP contribution in [0.4, 0.5) is 0 Å². The Labute approximate surface area is 156 Å². The monoisotopic (exact) mass is 410 g/mol. The first-order valence-electron chi connectivity index (χ1n) is 8.17. The number of amides is 1. The van der Waals surface area contributed by atoms with Crippen molar-refractivity contribution in [2.75, 3.05) is 20.3 Å². The number of ether oxygens (including phenoxy) is 2. The summed E-state index contributed by atoms with van der Waals surface area (Å²) in [5.74, 6) is -0.189. The molecule has 0 unspecified atom stereocenters. The van der Waals surface area contributed by atoms with E-state index in [0.29, 0.717) is 32.0 Å². The lowest BCUT2D eigenvalue weighted by atomic mass is 10.2. The number of carbonyl (C=O) groups is 1. The predicted molar refractivity (Wildman–Crippen MR) is 97.0 cm³/mol. The van der Waals surface area contributed by atoms with E-state index in [-0.39, 0.29) is 5.91 Å². The maximum Gasteiger partial charge on any atom is 0.276 e. The van der Waals surface area contributed by atoms with Gasteiger partial charge in [-0.15, -0.1) is 5.10 Å². The zero-order valence-corrected chi connectivity index (χ0v) is 16.3. The van der Waals surface area contributed by atoms with Gasteiger partial charge in [0, 0.05) is 31.3 Å². The van der Waals surface area contributed by atoms with Crippen LogP contribution in [-0.4, -0.2) is 52.4 Å². The van der Waals surface area contributed by atoms with Gasteiger partial charge in [0.25, 0.3) is 5.91 Å². The normalized spacial score (nSPS) is 11.1. The molecule has 8 heteroatoms. The van der Waals surface area contributed by atoms with Crippen LogP contribution in [0.15, 0.2) is 34.9 Å². The molecule has 0 spiro atoms. The van der Waals surface area contributed by atoms with E-state index in [1.165, 1.54) is 0 Å². The van der Waals surface area contributed by atoms with Gasteiger partial charge in [-0.1, -0.05) is 39.3 Å². The number of carbonyl (C=O) groups excluding carboxylic acids is 1. The molecule has 0 aliphatic rings. The van der Waals surface area contributed by atoms with E-state index in [4.69, 9.17) is 9.47 Å². The van der Waals surface area contributed by atoms with Crippen LogP contribution in [0.3, 0.4) is 0 Å². The highest BCUT2D eigenvalue weighted by Gasteiger charge is 2.18. The Morgan fingerprint density at radius 2 is 1.96 bits per heavy atom. The van der Waals surface area contributed by atoms with Crippen molar-refractivity contribution in [1.29, 1.82) is 0 Å². The molecule has 2 aromatic rings. The topological polar surface area (TPSA) is 69.5 Å². The van der Waals surface area contributed by atoms with Crippen LogP contribution in [0.1, 0.15) is 29.9 Å². The minimum atomic E-state index is -0.405. The van der Waals surface area contributed by atoms with Crippen LogP contribution in [-0.2, 0) is 22.6 Å². The third-order valence-corrected chi connectivity index (χ3v) is 4.28. The first kappa shape index (κ1) is 19.6. The first-order chi connectivity index (χ1) is 12.0. The molecule has 136 valence electrons. The van der Waals surface area contributed by atoms with Gasteiger partial charge in [0.05, 0.1) is 12.7 Å². The molecule has 7 nitrogen and oxygen atoms in total. The summed E-state index contributed by atoms with van der Waals surface area (Å²) in [4.78, 5) is 14.2. The van der Waals surface area contributed by atoms with Crippen LogP contribution in [0.5, 0.6) is 0 Å². The smallest absolute Gasteiger partial charge is 0.276 e. The Balaban J connectivity index is 2.00. The average molecular weight is 411 g/mol. The number of hydrogen-bond acceptors (Lipinski definition) is 5.